The molecule has 134 valence electrons. The molecule has 1 aromatic heterocycles. The van der Waals surface area contributed by atoms with E-state index in [1.165, 1.54) is 24.3 Å². The molecule has 1 atom stereocenters. The number of benzene rings is 1. The first kappa shape index (κ1) is 17.6. The van der Waals surface area contributed by atoms with Crippen LogP contribution in [0.15, 0.2) is 30.3 Å². The van der Waals surface area contributed by atoms with Gasteiger partial charge in [0.05, 0.1) is 17.5 Å². The molecule has 0 aliphatic carbocycles. The number of amides is 1. The number of aromatic nitrogens is 2. The molecule has 0 spiro atoms. The van der Waals surface area contributed by atoms with Crippen LogP contribution >= 0.6 is 0 Å². The van der Waals surface area contributed by atoms with Gasteiger partial charge in [0, 0.05) is 11.4 Å². The molecule has 1 saturated heterocycles. The summed E-state index contributed by atoms with van der Waals surface area (Å²) in [6, 6.07) is 6.91. The van der Waals surface area contributed by atoms with Crippen LogP contribution in [0.3, 0.4) is 0 Å². The van der Waals surface area contributed by atoms with E-state index in [0.29, 0.717) is 12.1 Å². The average Bonchev–Trinajstić information content (AvgIpc) is 3.13. The van der Waals surface area contributed by atoms with E-state index in [9.17, 15) is 17.6 Å². The van der Waals surface area contributed by atoms with E-state index in [0.717, 1.165) is 5.69 Å². The van der Waals surface area contributed by atoms with Gasteiger partial charge in [-0.15, -0.1) is 0 Å². The van der Waals surface area contributed by atoms with E-state index < -0.39 is 15.7 Å². The number of carbonyl (C=O) groups excluding carboxylic acids is 1. The minimum absolute atomic E-state index is 0.0490. The van der Waals surface area contributed by atoms with Crippen LogP contribution < -0.4 is 5.32 Å². The van der Waals surface area contributed by atoms with Crippen molar-refractivity contribution in [1.29, 1.82) is 0 Å². The molecule has 1 aromatic carbocycles. The van der Waals surface area contributed by atoms with Crippen molar-refractivity contribution in [2.45, 2.75) is 32.2 Å². The quantitative estimate of drug-likeness (QED) is 0.903. The molecule has 0 unspecified atom stereocenters. The summed E-state index contributed by atoms with van der Waals surface area (Å²) in [5.74, 6) is -0.498. The van der Waals surface area contributed by atoms with E-state index >= 15 is 0 Å². The predicted molar refractivity (Wildman–Crippen MR) is 93.0 cm³/mol. The molecular weight excluding hydrogens is 345 g/mol. The Balaban J connectivity index is 1.86. The number of hydrogen-bond acceptors (Lipinski definition) is 4. The number of sulfone groups is 1. The van der Waals surface area contributed by atoms with Crippen LogP contribution in [-0.4, -0.2) is 35.6 Å². The van der Waals surface area contributed by atoms with Crippen molar-refractivity contribution in [3.8, 4) is 0 Å². The number of anilines is 1. The second-order valence-electron chi connectivity index (χ2n) is 6.57. The van der Waals surface area contributed by atoms with Crippen LogP contribution in [0.4, 0.5) is 10.1 Å². The highest BCUT2D eigenvalue weighted by Crippen LogP contribution is 2.28. The summed E-state index contributed by atoms with van der Waals surface area (Å²) in [6.07, 6.45) is 0.503. The van der Waals surface area contributed by atoms with Gasteiger partial charge >= 0.3 is 0 Å². The van der Waals surface area contributed by atoms with Crippen molar-refractivity contribution in [2.24, 2.45) is 0 Å². The summed E-state index contributed by atoms with van der Waals surface area (Å²) in [7, 11) is -3.05. The Kier molecular flexibility index (Phi) is 4.64. The van der Waals surface area contributed by atoms with Crippen molar-refractivity contribution in [2.75, 3.05) is 16.8 Å². The zero-order valence-electron chi connectivity index (χ0n) is 14.1. The van der Waals surface area contributed by atoms with Crippen LogP contribution in [0, 0.1) is 5.82 Å². The molecule has 1 aliphatic rings. The average molecular weight is 365 g/mol. The lowest BCUT2D eigenvalue weighted by Gasteiger charge is -2.15. The van der Waals surface area contributed by atoms with Crippen molar-refractivity contribution in [3.63, 3.8) is 0 Å². The Morgan fingerprint density at radius 3 is 2.56 bits per heavy atom. The number of carbonyl (C=O) groups is 1. The summed E-state index contributed by atoms with van der Waals surface area (Å²) in [6.45, 7) is 3.94. The first-order chi connectivity index (χ1) is 11.7. The van der Waals surface area contributed by atoms with Crippen LogP contribution in [0.1, 0.15) is 48.4 Å². The minimum atomic E-state index is -3.05. The third-order valence-electron chi connectivity index (χ3n) is 4.25. The smallest absolute Gasteiger partial charge is 0.276 e. The number of nitrogens with zero attached hydrogens (tertiary/aromatic N) is 2. The van der Waals surface area contributed by atoms with Gasteiger partial charge in [0.2, 0.25) is 0 Å². The van der Waals surface area contributed by atoms with Crippen LogP contribution in [-0.2, 0) is 9.84 Å². The van der Waals surface area contributed by atoms with Crippen molar-refractivity contribution in [1.82, 2.24) is 9.78 Å². The van der Waals surface area contributed by atoms with Crippen LogP contribution in [0.5, 0.6) is 0 Å². The van der Waals surface area contributed by atoms with E-state index in [1.54, 1.807) is 10.7 Å². The van der Waals surface area contributed by atoms with E-state index in [1.807, 2.05) is 13.8 Å². The van der Waals surface area contributed by atoms with Gasteiger partial charge in [-0.1, -0.05) is 13.8 Å². The van der Waals surface area contributed by atoms with Crippen LogP contribution in [0.2, 0.25) is 0 Å². The highest BCUT2D eigenvalue weighted by atomic mass is 32.2. The fourth-order valence-electron chi connectivity index (χ4n) is 2.94. The Hall–Kier alpha value is -2.22. The molecule has 6 nitrogen and oxygen atoms in total. The standard InChI is InChI=1S/C17H20FN3O3S/c1-11(2)16-9-15(17(22)19-13-5-3-12(18)4-6-13)20-21(16)14-7-8-25(23,24)10-14/h3-6,9,11,14H,7-8,10H2,1-2H3,(H,19,22)/t14-/m1/s1. The number of rotatable bonds is 4. The van der Waals surface area contributed by atoms with Gasteiger partial charge < -0.3 is 5.32 Å². The Morgan fingerprint density at radius 2 is 2.00 bits per heavy atom. The summed E-state index contributed by atoms with van der Waals surface area (Å²) < 4.78 is 38.1. The molecule has 1 fully saturated rings. The molecule has 3 rings (SSSR count). The number of halogens is 1. The van der Waals surface area contributed by atoms with Crippen molar-refractivity contribution >= 4 is 21.4 Å². The first-order valence-corrected chi connectivity index (χ1v) is 9.94. The molecule has 8 heteroatoms. The molecule has 0 bridgehead atoms. The maximum absolute atomic E-state index is 13.0. The van der Waals surface area contributed by atoms with Gasteiger partial charge in [0.25, 0.3) is 5.91 Å². The molecule has 1 aliphatic heterocycles. The second kappa shape index (κ2) is 6.59. The largest absolute Gasteiger partial charge is 0.321 e. The van der Waals surface area contributed by atoms with Crippen molar-refractivity contribution < 1.29 is 17.6 Å². The Morgan fingerprint density at radius 1 is 1.32 bits per heavy atom. The summed E-state index contributed by atoms with van der Waals surface area (Å²) >= 11 is 0. The minimum Gasteiger partial charge on any atom is -0.321 e. The number of nitrogens with one attached hydrogen (secondary N) is 1. The summed E-state index contributed by atoms with van der Waals surface area (Å²) in [4.78, 5) is 12.4. The Bertz CT molecular complexity index is 888. The molecule has 1 N–H and O–H groups in total. The molecule has 1 amide bonds. The maximum Gasteiger partial charge on any atom is 0.276 e. The molecule has 0 radical (unpaired) electrons. The highest BCUT2D eigenvalue weighted by molar-refractivity contribution is 7.91. The second-order valence-corrected chi connectivity index (χ2v) is 8.80. The lowest BCUT2D eigenvalue weighted by atomic mass is 10.1. The maximum atomic E-state index is 13.0. The predicted octanol–water partition coefficient (Wildman–Crippen LogP) is 2.76. The topological polar surface area (TPSA) is 81.1 Å². The Labute approximate surface area is 146 Å². The fourth-order valence-corrected chi connectivity index (χ4v) is 4.63. The van der Waals surface area contributed by atoms with Gasteiger partial charge in [0.15, 0.2) is 15.5 Å². The summed E-state index contributed by atoms with van der Waals surface area (Å²) in [5, 5.41) is 7.03. The molecule has 0 saturated carbocycles. The fraction of sp³-hybridized carbons (Fsp3) is 0.412. The van der Waals surface area contributed by atoms with Crippen molar-refractivity contribution in [3.05, 3.63) is 47.5 Å². The zero-order chi connectivity index (χ0) is 18.2. The SMILES string of the molecule is CC(C)c1cc(C(=O)Nc2ccc(F)cc2)nn1[C@@H]1CCS(=O)(=O)C1. The zero-order valence-corrected chi connectivity index (χ0v) is 14.9. The third-order valence-corrected chi connectivity index (χ3v) is 6.00. The molecule has 2 aromatic rings. The van der Waals surface area contributed by atoms with Gasteiger partial charge in [-0.2, -0.15) is 5.10 Å². The van der Waals surface area contributed by atoms with E-state index in [4.69, 9.17) is 0 Å². The third kappa shape index (κ3) is 3.89. The number of hydrogen-bond donors (Lipinski definition) is 1. The molecule has 2 heterocycles. The van der Waals surface area contributed by atoms with Gasteiger partial charge in [-0.25, -0.2) is 12.8 Å². The lowest BCUT2D eigenvalue weighted by molar-refractivity contribution is 0.102. The highest BCUT2D eigenvalue weighted by Gasteiger charge is 2.32. The molecular formula is C17H20FN3O3S. The van der Waals surface area contributed by atoms with E-state index in [-0.39, 0.29) is 35.0 Å². The summed E-state index contributed by atoms with van der Waals surface area (Å²) in [5.41, 5.74) is 1.51. The normalized spacial score (nSPS) is 19.3. The molecule has 25 heavy (non-hydrogen) atoms. The van der Waals surface area contributed by atoms with E-state index in [2.05, 4.69) is 10.4 Å². The van der Waals surface area contributed by atoms with Gasteiger partial charge in [-0.05, 0) is 42.7 Å². The lowest BCUT2D eigenvalue weighted by Crippen LogP contribution is -2.17. The monoisotopic (exact) mass is 365 g/mol. The van der Waals surface area contributed by atoms with Gasteiger partial charge in [-0.3, -0.25) is 9.48 Å². The van der Waals surface area contributed by atoms with Crippen LogP contribution in [0.25, 0.3) is 0 Å². The van der Waals surface area contributed by atoms with Gasteiger partial charge in [0.1, 0.15) is 5.82 Å². The first-order valence-electron chi connectivity index (χ1n) is 8.12.